The average molecular weight is 520 g/mol. The Balaban J connectivity index is 0.000000325. The molecule has 15 heteroatoms. The van der Waals surface area contributed by atoms with E-state index in [2.05, 4.69) is 35.5 Å². The molecular weight excluding hydrogens is 492 g/mol. The minimum atomic E-state index is -10.7. The summed E-state index contributed by atoms with van der Waals surface area (Å²) in [5.41, 5.74) is 1.80. The number of nitrogens with zero attached hydrogens (tertiary/aromatic N) is 5. The predicted molar refractivity (Wildman–Crippen MR) is 117 cm³/mol. The normalized spacial score (nSPS) is 23.3. The van der Waals surface area contributed by atoms with E-state index in [-0.39, 0.29) is 0 Å². The zero-order valence-corrected chi connectivity index (χ0v) is 19.8. The smallest absolute Gasteiger partial charge is 0.289 e. The zero-order valence-electron chi connectivity index (χ0n) is 18.0. The molecule has 3 saturated heterocycles. The fraction of sp³-hybridized carbons (Fsp3) is 0.667. The van der Waals surface area contributed by atoms with Gasteiger partial charge in [-0.25, -0.2) is 0 Å². The van der Waals surface area contributed by atoms with Gasteiger partial charge in [0, 0.05) is 39.3 Å². The summed E-state index contributed by atoms with van der Waals surface area (Å²) in [7, 11) is -12.7. The van der Waals surface area contributed by atoms with Gasteiger partial charge >= 0.3 is 40.9 Å². The van der Waals surface area contributed by atoms with E-state index in [9.17, 15) is 25.2 Å². The van der Waals surface area contributed by atoms with Crippen LogP contribution in [0.2, 0.25) is 0 Å². The van der Waals surface area contributed by atoms with Crippen molar-refractivity contribution in [1.29, 1.82) is 0 Å². The molecule has 3 aliphatic heterocycles. The number of benzene rings is 1. The first-order chi connectivity index (χ1) is 15.3. The Bertz CT molecular complexity index is 904. The second kappa shape index (κ2) is 8.45. The Hall–Kier alpha value is -1.26. The van der Waals surface area contributed by atoms with Gasteiger partial charge < -0.3 is 0 Å². The molecule has 1 N–H and O–H groups in total. The monoisotopic (exact) mass is 520 g/mol. The van der Waals surface area contributed by atoms with E-state index < -0.39 is 15.8 Å². The topological polar surface area (TPSA) is 60.5 Å². The van der Waals surface area contributed by atoms with Crippen molar-refractivity contribution >= 4 is 26.8 Å². The van der Waals surface area contributed by atoms with Crippen molar-refractivity contribution in [2.75, 3.05) is 39.3 Å². The van der Waals surface area contributed by atoms with Crippen molar-refractivity contribution in [3.05, 3.63) is 18.2 Å². The molecule has 3 aliphatic rings. The number of hydrogen-bond donors (Lipinski definition) is 1. The molecule has 0 atom stereocenters. The third kappa shape index (κ3) is 6.45. The van der Waals surface area contributed by atoms with E-state index in [1.165, 1.54) is 38.5 Å². The van der Waals surface area contributed by atoms with Crippen molar-refractivity contribution < 1.29 is 29.7 Å². The molecule has 1 aromatic carbocycles. The third-order valence-electron chi connectivity index (χ3n) is 5.89. The fourth-order valence-electron chi connectivity index (χ4n) is 4.64. The SMILES string of the molecule is F[P-](F)(F)(F)(F)F.c1cc(O[P+](N2CCCC2)(N2CCCC2)N2CCCC2)c2nn[nH]c2c1. The molecule has 0 bridgehead atoms. The summed E-state index contributed by atoms with van der Waals surface area (Å²) in [6.07, 6.45) is 7.67. The van der Waals surface area contributed by atoms with Crippen LogP contribution in [0.5, 0.6) is 5.75 Å². The van der Waals surface area contributed by atoms with E-state index in [0.717, 1.165) is 56.1 Å². The molecule has 1 aromatic heterocycles. The van der Waals surface area contributed by atoms with Crippen LogP contribution in [0.1, 0.15) is 38.5 Å². The van der Waals surface area contributed by atoms with E-state index in [0.29, 0.717) is 0 Å². The first-order valence-corrected chi connectivity index (χ1v) is 14.6. The number of halogens is 6. The van der Waals surface area contributed by atoms with Gasteiger partial charge in [-0.3, -0.25) is 9.62 Å². The van der Waals surface area contributed by atoms with Crippen LogP contribution >= 0.6 is 15.8 Å². The van der Waals surface area contributed by atoms with Crippen molar-refractivity contribution in [3.63, 3.8) is 0 Å². The van der Waals surface area contributed by atoms with Crippen LogP contribution in [0.3, 0.4) is 0 Å². The van der Waals surface area contributed by atoms with Crippen LogP contribution in [0.15, 0.2) is 18.2 Å². The first kappa shape index (κ1) is 24.9. The van der Waals surface area contributed by atoms with Crippen molar-refractivity contribution in [1.82, 2.24) is 29.4 Å². The van der Waals surface area contributed by atoms with E-state index in [1.54, 1.807) is 0 Å². The van der Waals surface area contributed by atoms with Gasteiger partial charge in [-0.05, 0) is 50.7 Å². The zero-order chi connectivity index (χ0) is 23.8. The number of aromatic amines is 1. The van der Waals surface area contributed by atoms with Crippen molar-refractivity contribution in [2.24, 2.45) is 0 Å². The van der Waals surface area contributed by atoms with Crippen LogP contribution < -0.4 is 4.52 Å². The number of H-pyrrole nitrogens is 1. The van der Waals surface area contributed by atoms with Crippen LogP contribution in [0.25, 0.3) is 11.0 Å². The Morgan fingerprint density at radius 2 is 1.18 bits per heavy atom. The molecule has 5 rings (SSSR count). The molecule has 3 fully saturated rings. The van der Waals surface area contributed by atoms with Gasteiger partial charge in [0.15, 0.2) is 5.52 Å². The van der Waals surface area contributed by atoms with Crippen molar-refractivity contribution in [3.8, 4) is 5.75 Å². The van der Waals surface area contributed by atoms with Gasteiger partial charge in [0.2, 0.25) is 5.75 Å². The van der Waals surface area contributed by atoms with E-state index >= 15 is 0 Å². The number of aromatic nitrogens is 3. The molecule has 188 valence electrons. The summed E-state index contributed by atoms with van der Waals surface area (Å²) in [5, 5.41) is 11.3. The summed E-state index contributed by atoms with van der Waals surface area (Å²) < 4.78 is 74.3. The van der Waals surface area contributed by atoms with Crippen LogP contribution in [-0.2, 0) is 0 Å². The van der Waals surface area contributed by atoms with Gasteiger partial charge in [0.05, 0.1) is 5.52 Å². The molecule has 7 nitrogen and oxygen atoms in total. The molecule has 0 saturated carbocycles. The molecule has 4 heterocycles. The van der Waals surface area contributed by atoms with Gasteiger partial charge in [-0.1, -0.05) is 11.3 Å². The molecule has 0 amide bonds. The maximum absolute atomic E-state index is 10.7. The van der Waals surface area contributed by atoms with Gasteiger partial charge in [-0.2, -0.15) is 0 Å². The second-order valence-corrected chi connectivity index (χ2v) is 13.3. The maximum Gasteiger partial charge on any atom is 0.417 e. The molecule has 2 aromatic rings. The summed E-state index contributed by atoms with van der Waals surface area (Å²) in [5.74, 6) is 0.885. The second-order valence-electron chi connectivity index (χ2n) is 8.51. The third-order valence-corrected chi connectivity index (χ3v) is 9.75. The van der Waals surface area contributed by atoms with Crippen LogP contribution in [-0.4, -0.2) is 68.7 Å². The van der Waals surface area contributed by atoms with Gasteiger partial charge in [0.1, 0.15) is 0 Å². The maximum atomic E-state index is 9.87. The number of hydrogen-bond acceptors (Lipinski definition) is 6. The molecular formula is C18H28F6N6OP2. The Morgan fingerprint density at radius 3 is 1.61 bits per heavy atom. The number of fused-ring (bicyclic) bond motifs is 1. The first-order valence-electron chi connectivity index (χ1n) is 11.0. The number of rotatable bonds is 5. The average Bonchev–Trinajstić information content (AvgIpc) is 3.52. The summed E-state index contributed by atoms with van der Waals surface area (Å²) in [6, 6.07) is 6.13. The minimum Gasteiger partial charge on any atom is -0.289 e. The summed E-state index contributed by atoms with van der Waals surface area (Å²) in [6.45, 7) is 6.89. The molecule has 0 unspecified atom stereocenters. The Morgan fingerprint density at radius 1 is 0.758 bits per heavy atom. The van der Waals surface area contributed by atoms with Crippen molar-refractivity contribution in [2.45, 2.75) is 38.5 Å². The van der Waals surface area contributed by atoms with Gasteiger partial charge in [0.25, 0.3) is 0 Å². The number of nitrogens with one attached hydrogen (secondary N) is 1. The van der Waals surface area contributed by atoms with Gasteiger partial charge in [-0.15, -0.1) is 19.1 Å². The quantitative estimate of drug-likeness (QED) is 0.351. The largest absolute Gasteiger partial charge is 0.417 e. The summed E-state index contributed by atoms with van der Waals surface area (Å²) >= 11 is 0. The predicted octanol–water partition coefficient (Wildman–Crippen LogP) is 6.68. The standard InChI is InChI=1S/C18H28N6OP.F6P/c1-2-11-22(10-1)26(23-12-3-4-13-23,24-14-5-6-15-24)25-17-9-7-8-16-18(17)20-21-19-16;1-7(2,3,4,5)6/h7-9H,1-6,10-15H2,(H,19,20,21);/q+1;-1. The minimum absolute atomic E-state index is 0.856. The van der Waals surface area contributed by atoms with Crippen LogP contribution in [0.4, 0.5) is 25.2 Å². The van der Waals surface area contributed by atoms with E-state index in [4.69, 9.17) is 4.52 Å². The fourth-order valence-corrected chi connectivity index (χ4v) is 8.89. The summed E-state index contributed by atoms with van der Waals surface area (Å²) in [4.78, 5) is 0. The van der Waals surface area contributed by atoms with Crippen LogP contribution in [0, 0.1) is 0 Å². The molecule has 0 spiro atoms. The molecule has 0 radical (unpaired) electrons. The molecule has 0 aliphatic carbocycles. The molecule has 33 heavy (non-hydrogen) atoms. The van der Waals surface area contributed by atoms with E-state index in [1.807, 2.05) is 12.1 Å². The Kier molecular flexibility index (Phi) is 6.36. The Labute approximate surface area is 188 Å².